The van der Waals surface area contributed by atoms with E-state index >= 15 is 0 Å². The number of carbonyl (C=O) groups is 1. The Balaban J connectivity index is 3.46. The maximum absolute atomic E-state index is 10.4. The summed E-state index contributed by atoms with van der Waals surface area (Å²) in [4.78, 5) is 10.4. The van der Waals surface area contributed by atoms with Crippen molar-refractivity contribution in [1.29, 1.82) is 0 Å². The first-order chi connectivity index (χ1) is 4.20. The monoisotopic (exact) mass is 127 g/mol. The van der Waals surface area contributed by atoms with E-state index in [4.69, 9.17) is 4.74 Å². The maximum Gasteiger partial charge on any atom is 0.330 e. The van der Waals surface area contributed by atoms with Crippen molar-refractivity contribution in [1.82, 2.24) is 0 Å². The quantitative estimate of drug-likeness (QED) is 0.422. The molecule has 2 heteroatoms. The van der Waals surface area contributed by atoms with E-state index in [0.717, 1.165) is 6.08 Å². The molecule has 0 aromatic rings. The van der Waals surface area contributed by atoms with Crippen molar-refractivity contribution in [2.24, 2.45) is 0 Å². The molecule has 0 fully saturated rings. The Kier molecular flexibility index (Phi) is 3.76. The second kappa shape index (κ2) is 4.13. The van der Waals surface area contributed by atoms with Crippen molar-refractivity contribution in [3.05, 3.63) is 19.6 Å². The number of hydrogen-bond acceptors (Lipinski definition) is 2. The molecule has 9 heavy (non-hydrogen) atoms. The summed E-state index contributed by atoms with van der Waals surface area (Å²) in [6.07, 6.45) is 1.64. The molecular formula is C7H11O2. The highest BCUT2D eigenvalue weighted by molar-refractivity contribution is 5.81. The fourth-order valence-electron chi connectivity index (χ4n) is 0.305. The minimum absolute atomic E-state index is 0.101. The highest BCUT2D eigenvalue weighted by Crippen LogP contribution is 1.95. The fraction of sp³-hybridized carbons (Fsp3) is 0.429. The summed E-state index contributed by atoms with van der Waals surface area (Å²) in [5.74, 6) is -0.383. The van der Waals surface area contributed by atoms with Gasteiger partial charge in [0.15, 0.2) is 0 Å². The molecule has 0 aliphatic rings. The van der Waals surface area contributed by atoms with Crippen molar-refractivity contribution in [3.63, 3.8) is 0 Å². The second-order valence-electron chi connectivity index (χ2n) is 1.74. The number of hydrogen-bond donors (Lipinski definition) is 0. The van der Waals surface area contributed by atoms with Gasteiger partial charge >= 0.3 is 5.97 Å². The summed E-state index contributed by atoms with van der Waals surface area (Å²) in [7, 11) is 0. The molecule has 0 amide bonds. The van der Waals surface area contributed by atoms with Crippen molar-refractivity contribution >= 4 is 5.97 Å². The molecule has 51 valence electrons. The van der Waals surface area contributed by atoms with Crippen LogP contribution in [0, 0.1) is 6.92 Å². The van der Waals surface area contributed by atoms with Crippen molar-refractivity contribution in [2.75, 3.05) is 0 Å². The smallest absolute Gasteiger partial charge is 0.330 e. The largest absolute Gasteiger partial charge is 0.460 e. The lowest BCUT2D eigenvalue weighted by Gasteiger charge is -2.06. The van der Waals surface area contributed by atoms with E-state index in [0.29, 0.717) is 6.42 Å². The average molecular weight is 127 g/mol. The molecule has 0 bridgehead atoms. The highest BCUT2D eigenvalue weighted by Gasteiger charge is 2.01. The van der Waals surface area contributed by atoms with Crippen LogP contribution in [0.2, 0.25) is 0 Å². The zero-order chi connectivity index (χ0) is 7.28. The third kappa shape index (κ3) is 3.76. The van der Waals surface area contributed by atoms with Gasteiger partial charge in [-0.05, 0) is 20.3 Å². The third-order valence-electron chi connectivity index (χ3n) is 0.891. The molecule has 0 aromatic carbocycles. The first-order valence-electron chi connectivity index (χ1n) is 2.83. The molecule has 0 rings (SSSR count). The van der Waals surface area contributed by atoms with Crippen LogP contribution in [0.5, 0.6) is 0 Å². The molecule has 0 aliphatic carbocycles. The van der Waals surface area contributed by atoms with Gasteiger partial charge in [-0.15, -0.1) is 0 Å². The summed E-state index contributed by atoms with van der Waals surface area (Å²) in [5.41, 5.74) is 0. The maximum atomic E-state index is 10.4. The zero-order valence-corrected chi connectivity index (χ0v) is 5.59. The van der Waals surface area contributed by atoms with Crippen LogP contribution in [0.1, 0.15) is 13.3 Å². The van der Waals surface area contributed by atoms with Gasteiger partial charge in [0.05, 0.1) is 6.10 Å². The fourth-order valence-corrected chi connectivity index (χ4v) is 0.305. The molecule has 1 unspecified atom stereocenters. The van der Waals surface area contributed by atoms with Gasteiger partial charge in [0.1, 0.15) is 0 Å². The molecule has 0 spiro atoms. The lowest BCUT2D eigenvalue weighted by Crippen LogP contribution is -2.10. The summed E-state index contributed by atoms with van der Waals surface area (Å²) in [6, 6.07) is 0. The molecule has 0 saturated heterocycles. The normalized spacial score (nSPS) is 12.2. The van der Waals surface area contributed by atoms with Crippen LogP contribution >= 0.6 is 0 Å². The van der Waals surface area contributed by atoms with Gasteiger partial charge in [-0.2, -0.15) is 0 Å². The standard InChI is InChI=1S/C7H11O2/c1-4-6(3)9-7(8)5-2/h5-6H,1-2,4H2,3H3. The minimum Gasteiger partial charge on any atom is -0.460 e. The van der Waals surface area contributed by atoms with Crippen LogP contribution in [-0.2, 0) is 9.53 Å². The topological polar surface area (TPSA) is 26.3 Å². The first kappa shape index (κ1) is 8.21. The average Bonchev–Trinajstić information content (AvgIpc) is 1.87. The van der Waals surface area contributed by atoms with Crippen molar-refractivity contribution < 1.29 is 9.53 Å². The second-order valence-corrected chi connectivity index (χ2v) is 1.74. The summed E-state index contributed by atoms with van der Waals surface area (Å²) < 4.78 is 4.73. The predicted molar refractivity (Wildman–Crippen MR) is 35.7 cm³/mol. The van der Waals surface area contributed by atoms with E-state index in [2.05, 4.69) is 13.5 Å². The molecule has 0 aliphatic heterocycles. The van der Waals surface area contributed by atoms with E-state index < -0.39 is 0 Å². The Hall–Kier alpha value is -0.790. The van der Waals surface area contributed by atoms with E-state index in [1.165, 1.54) is 0 Å². The van der Waals surface area contributed by atoms with Crippen LogP contribution in [-0.4, -0.2) is 12.1 Å². The van der Waals surface area contributed by atoms with Gasteiger partial charge in [0.25, 0.3) is 0 Å². The number of esters is 1. The third-order valence-corrected chi connectivity index (χ3v) is 0.891. The van der Waals surface area contributed by atoms with E-state index in [-0.39, 0.29) is 12.1 Å². The van der Waals surface area contributed by atoms with Crippen LogP contribution in [0.3, 0.4) is 0 Å². The van der Waals surface area contributed by atoms with Crippen LogP contribution in [0.4, 0.5) is 0 Å². The van der Waals surface area contributed by atoms with Crippen LogP contribution < -0.4 is 0 Å². The van der Waals surface area contributed by atoms with Crippen LogP contribution in [0.25, 0.3) is 0 Å². The molecule has 0 heterocycles. The molecule has 0 saturated carbocycles. The molecule has 2 nitrogen and oxygen atoms in total. The number of rotatable bonds is 3. The Labute approximate surface area is 55.5 Å². The predicted octanol–water partition coefficient (Wildman–Crippen LogP) is 1.33. The lowest BCUT2D eigenvalue weighted by atomic mass is 10.3. The Bertz CT molecular complexity index is 107. The zero-order valence-electron chi connectivity index (χ0n) is 5.59. The number of ether oxygens (including phenoxy) is 1. The van der Waals surface area contributed by atoms with E-state index in [9.17, 15) is 4.79 Å². The van der Waals surface area contributed by atoms with E-state index in [1.54, 1.807) is 6.92 Å². The minimum atomic E-state index is -0.383. The van der Waals surface area contributed by atoms with Gasteiger partial charge in [0.2, 0.25) is 0 Å². The van der Waals surface area contributed by atoms with E-state index in [1.807, 2.05) is 0 Å². The highest BCUT2D eigenvalue weighted by atomic mass is 16.5. The summed E-state index contributed by atoms with van der Waals surface area (Å²) in [5, 5.41) is 0. The molecule has 0 N–H and O–H groups in total. The van der Waals surface area contributed by atoms with Gasteiger partial charge in [-0.3, -0.25) is 0 Å². The van der Waals surface area contributed by atoms with Gasteiger partial charge in [-0.25, -0.2) is 4.79 Å². The van der Waals surface area contributed by atoms with Gasteiger partial charge < -0.3 is 4.74 Å². The number of carbonyl (C=O) groups excluding carboxylic acids is 1. The first-order valence-corrected chi connectivity index (χ1v) is 2.83. The van der Waals surface area contributed by atoms with Gasteiger partial charge in [-0.1, -0.05) is 6.58 Å². The van der Waals surface area contributed by atoms with Crippen LogP contribution in [0.15, 0.2) is 12.7 Å². The Morgan fingerprint density at radius 1 is 1.89 bits per heavy atom. The summed E-state index contributed by atoms with van der Waals surface area (Å²) in [6.45, 7) is 8.60. The molecule has 1 atom stereocenters. The van der Waals surface area contributed by atoms with Crippen molar-refractivity contribution in [2.45, 2.75) is 19.4 Å². The molecular weight excluding hydrogens is 116 g/mol. The Morgan fingerprint density at radius 2 is 2.44 bits per heavy atom. The van der Waals surface area contributed by atoms with Crippen molar-refractivity contribution in [3.8, 4) is 0 Å². The SMILES string of the molecule is [CH2]CC(C)OC(=O)C=C. The summed E-state index contributed by atoms with van der Waals surface area (Å²) >= 11 is 0. The van der Waals surface area contributed by atoms with Gasteiger partial charge in [0, 0.05) is 6.08 Å². The molecule has 0 aromatic heterocycles. The molecule has 1 radical (unpaired) electrons. The Morgan fingerprint density at radius 3 is 2.78 bits per heavy atom. The lowest BCUT2D eigenvalue weighted by molar-refractivity contribution is -0.141.